The molecule has 38 heavy (non-hydrogen) atoms. The molecule has 1 aromatic carbocycles. The standard InChI is InChI=1S/C28H43N3O7/c1-17(2)14-22(28(37)38-16-20-10-8-7-9-11-20)30-27(36)25(19(5)32)31-26(35)21(12-13-24(34)29-6)15-23(33)18(3)4/h7-11,17-19,21-22,25,32H,12-16H2,1-6H3,(H,29,34)(H,30,36)(H,31,35)/t19-,21-,22+,25+/m1/s1. The third-order valence-electron chi connectivity index (χ3n) is 6.06. The Balaban J connectivity index is 2.97. The monoisotopic (exact) mass is 533 g/mol. The molecule has 0 heterocycles. The Kier molecular flexibility index (Phi) is 14.3. The van der Waals surface area contributed by atoms with E-state index in [1.165, 1.54) is 14.0 Å². The third-order valence-corrected chi connectivity index (χ3v) is 6.06. The highest BCUT2D eigenvalue weighted by atomic mass is 16.5. The number of esters is 1. The van der Waals surface area contributed by atoms with Crippen molar-refractivity contribution in [1.82, 2.24) is 16.0 Å². The van der Waals surface area contributed by atoms with Crippen LogP contribution in [0.15, 0.2) is 30.3 Å². The number of ketones is 1. The number of aliphatic hydroxyl groups excluding tert-OH is 1. The van der Waals surface area contributed by atoms with Crippen molar-refractivity contribution < 1.29 is 33.8 Å². The number of carbonyl (C=O) groups is 5. The van der Waals surface area contributed by atoms with Crippen LogP contribution in [-0.4, -0.2) is 59.8 Å². The molecule has 1 rings (SSSR count). The molecule has 0 aliphatic rings. The van der Waals surface area contributed by atoms with Gasteiger partial charge < -0.3 is 25.8 Å². The fourth-order valence-corrected chi connectivity index (χ4v) is 3.69. The highest BCUT2D eigenvalue weighted by Gasteiger charge is 2.33. The Bertz CT molecular complexity index is 932. The second-order valence-electron chi connectivity index (χ2n) is 10.2. The molecule has 0 saturated heterocycles. The summed E-state index contributed by atoms with van der Waals surface area (Å²) >= 11 is 0. The summed E-state index contributed by atoms with van der Waals surface area (Å²) in [6, 6.07) is 6.75. The Morgan fingerprint density at radius 1 is 0.921 bits per heavy atom. The van der Waals surface area contributed by atoms with Crippen LogP contribution in [0.1, 0.15) is 65.9 Å². The molecule has 0 spiro atoms. The van der Waals surface area contributed by atoms with Crippen LogP contribution in [0.5, 0.6) is 0 Å². The molecular weight excluding hydrogens is 490 g/mol. The molecule has 4 N–H and O–H groups in total. The number of ether oxygens (including phenoxy) is 1. The number of nitrogens with one attached hydrogen (secondary N) is 3. The molecule has 3 amide bonds. The first-order valence-electron chi connectivity index (χ1n) is 13.1. The van der Waals surface area contributed by atoms with Crippen molar-refractivity contribution in [1.29, 1.82) is 0 Å². The van der Waals surface area contributed by atoms with Gasteiger partial charge in [0.1, 0.15) is 24.5 Å². The van der Waals surface area contributed by atoms with Crippen LogP contribution >= 0.6 is 0 Å². The highest BCUT2D eigenvalue weighted by Crippen LogP contribution is 2.17. The minimum absolute atomic E-state index is 0.0230. The molecule has 10 heteroatoms. The molecule has 212 valence electrons. The zero-order valence-corrected chi connectivity index (χ0v) is 23.3. The Morgan fingerprint density at radius 3 is 2.08 bits per heavy atom. The topological polar surface area (TPSA) is 151 Å². The first-order chi connectivity index (χ1) is 17.8. The summed E-state index contributed by atoms with van der Waals surface area (Å²) in [5, 5.41) is 17.9. The fourth-order valence-electron chi connectivity index (χ4n) is 3.69. The average Bonchev–Trinajstić information content (AvgIpc) is 2.87. The summed E-state index contributed by atoms with van der Waals surface area (Å²) in [6.45, 7) is 8.59. The van der Waals surface area contributed by atoms with Crippen LogP contribution in [0.3, 0.4) is 0 Å². The molecule has 0 aliphatic carbocycles. The maximum Gasteiger partial charge on any atom is 0.328 e. The molecule has 0 radical (unpaired) electrons. The van der Waals surface area contributed by atoms with E-state index in [0.717, 1.165) is 5.56 Å². The van der Waals surface area contributed by atoms with Gasteiger partial charge in [-0.2, -0.15) is 0 Å². The van der Waals surface area contributed by atoms with E-state index < -0.39 is 41.9 Å². The zero-order valence-electron chi connectivity index (χ0n) is 23.3. The normalized spacial score (nSPS) is 14.2. The van der Waals surface area contributed by atoms with Gasteiger partial charge in [-0.1, -0.05) is 58.0 Å². The van der Waals surface area contributed by atoms with Crippen molar-refractivity contribution in [2.75, 3.05) is 7.05 Å². The second kappa shape index (κ2) is 16.5. The van der Waals surface area contributed by atoms with Crippen LogP contribution in [0, 0.1) is 17.8 Å². The molecule has 0 aliphatic heterocycles. The van der Waals surface area contributed by atoms with Crippen LogP contribution in [0.4, 0.5) is 0 Å². The first-order valence-corrected chi connectivity index (χ1v) is 13.1. The predicted molar refractivity (Wildman–Crippen MR) is 142 cm³/mol. The Labute approximate surface area is 225 Å². The number of hydrogen-bond acceptors (Lipinski definition) is 7. The van der Waals surface area contributed by atoms with E-state index in [2.05, 4.69) is 16.0 Å². The van der Waals surface area contributed by atoms with Gasteiger partial charge in [-0.15, -0.1) is 0 Å². The summed E-state index contributed by atoms with van der Waals surface area (Å²) in [5.74, 6) is -3.57. The maximum atomic E-state index is 13.1. The summed E-state index contributed by atoms with van der Waals surface area (Å²) in [6.07, 6.45) is -0.984. The van der Waals surface area contributed by atoms with Crippen LogP contribution in [-0.2, 0) is 35.3 Å². The lowest BCUT2D eigenvalue weighted by atomic mass is 9.91. The largest absolute Gasteiger partial charge is 0.459 e. The zero-order chi connectivity index (χ0) is 28.8. The van der Waals surface area contributed by atoms with Crippen LogP contribution in [0.2, 0.25) is 0 Å². The fraction of sp³-hybridized carbons (Fsp3) is 0.607. The van der Waals surface area contributed by atoms with Gasteiger partial charge >= 0.3 is 5.97 Å². The minimum atomic E-state index is -1.38. The lowest BCUT2D eigenvalue weighted by molar-refractivity contribution is -0.150. The van der Waals surface area contributed by atoms with Crippen molar-refractivity contribution >= 4 is 29.5 Å². The molecule has 10 nitrogen and oxygen atoms in total. The highest BCUT2D eigenvalue weighted by molar-refractivity contribution is 5.93. The van der Waals surface area contributed by atoms with Gasteiger partial charge in [0.2, 0.25) is 17.7 Å². The van der Waals surface area contributed by atoms with Gasteiger partial charge in [0.05, 0.1) is 6.10 Å². The minimum Gasteiger partial charge on any atom is -0.459 e. The summed E-state index contributed by atoms with van der Waals surface area (Å²) < 4.78 is 5.40. The Morgan fingerprint density at radius 2 is 1.55 bits per heavy atom. The number of carbonyl (C=O) groups excluding carboxylic acids is 5. The van der Waals surface area contributed by atoms with Crippen molar-refractivity contribution in [2.45, 2.75) is 85.1 Å². The van der Waals surface area contributed by atoms with E-state index in [0.29, 0.717) is 0 Å². The Hall–Kier alpha value is -3.27. The van der Waals surface area contributed by atoms with Gasteiger partial charge in [0, 0.05) is 31.7 Å². The van der Waals surface area contributed by atoms with E-state index in [1.54, 1.807) is 13.8 Å². The van der Waals surface area contributed by atoms with Gasteiger partial charge in [-0.05, 0) is 31.2 Å². The molecule has 0 saturated carbocycles. The second-order valence-corrected chi connectivity index (χ2v) is 10.2. The van der Waals surface area contributed by atoms with E-state index >= 15 is 0 Å². The molecule has 0 aromatic heterocycles. The van der Waals surface area contributed by atoms with E-state index in [9.17, 15) is 29.1 Å². The smallest absolute Gasteiger partial charge is 0.328 e. The third kappa shape index (κ3) is 11.9. The van der Waals surface area contributed by atoms with Crippen molar-refractivity contribution in [3.63, 3.8) is 0 Å². The SMILES string of the molecule is CNC(=O)CC[C@H](CC(=O)C(C)C)C(=O)N[C@H](C(=O)N[C@@H](CC(C)C)C(=O)OCc1ccccc1)[C@@H](C)O. The maximum absolute atomic E-state index is 13.1. The van der Waals surface area contributed by atoms with Crippen molar-refractivity contribution in [2.24, 2.45) is 17.8 Å². The number of rotatable bonds is 16. The first kappa shape index (κ1) is 32.8. The number of benzene rings is 1. The number of hydrogen-bond donors (Lipinski definition) is 4. The quantitative estimate of drug-likeness (QED) is 0.237. The number of amides is 3. The lowest BCUT2D eigenvalue weighted by Gasteiger charge is -2.26. The van der Waals surface area contributed by atoms with E-state index in [4.69, 9.17) is 4.74 Å². The molecule has 1 aromatic rings. The van der Waals surface area contributed by atoms with Gasteiger partial charge in [0.15, 0.2) is 0 Å². The van der Waals surface area contributed by atoms with Gasteiger partial charge in [-0.3, -0.25) is 19.2 Å². The number of aliphatic hydroxyl groups is 1. The van der Waals surface area contributed by atoms with E-state index in [1.807, 2.05) is 44.2 Å². The summed E-state index contributed by atoms with van der Waals surface area (Å²) in [4.78, 5) is 63.1. The van der Waals surface area contributed by atoms with Gasteiger partial charge in [-0.25, -0.2) is 4.79 Å². The van der Waals surface area contributed by atoms with E-state index in [-0.39, 0.29) is 55.8 Å². The molecule has 0 fully saturated rings. The van der Waals surface area contributed by atoms with Gasteiger partial charge in [0.25, 0.3) is 0 Å². The predicted octanol–water partition coefficient (Wildman–Crippen LogP) is 1.88. The molecular formula is C28H43N3O7. The number of Topliss-reactive ketones (excluding diaryl/α,β-unsaturated/α-hetero) is 1. The summed E-state index contributed by atoms with van der Waals surface area (Å²) in [7, 11) is 1.48. The van der Waals surface area contributed by atoms with Crippen LogP contribution < -0.4 is 16.0 Å². The van der Waals surface area contributed by atoms with Crippen LogP contribution in [0.25, 0.3) is 0 Å². The van der Waals surface area contributed by atoms with Crippen molar-refractivity contribution in [3.05, 3.63) is 35.9 Å². The van der Waals surface area contributed by atoms with Crippen molar-refractivity contribution in [3.8, 4) is 0 Å². The molecule has 4 atom stereocenters. The lowest BCUT2D eigenvalue weighted by Crippen LogP contribution is -2.57. The average molecular weight is 534 g/mol. The molecule has 0 bridgehead atoms. The molecule has 0 unspecified atom stereocenters. The summed E-state index contributed by atoms with van der Waals surface area (Å²) in [5.41, 5.74) is 0.795.